The van der Waals surface area contributed by atoms with Crippen LogP contribution in [0.5, 0.6) is 0 Å². The van der Waals surface area contributed by atoms with E-state index in [1.165, 1.54) is 47.5 Å². The second kappa shape index (κ2) is 7.54. The van der Waals surface area contributed by atoms with Crippen molar-refractivity contribution in [3.63, 3.8) is 0 Å². The lowest BCUT2D eigenvalue weighted by Gasteiger charge is -2.28. The van der Waals surface area contributed by atoms with Gasteiger partial charge in [0.25, 0.3) is 11.6 Å². The van der Waals surface area contributed by atoms with Gasteiger partial charge in [-0.1, -0.05) is 36.4 Å². The van der Waals surface area contributed by atoms with E-state index in [-0.39, 0.29) is 11.4 Å². The molecule has 32 heavy (non-hydrogen) atoms. The van der Waals surface area contributed by atoms with Crippen LogP contribution in [0.1, 0.15) is 11.6 Å². The Morgan fingerprint density at radius 2 is 1.59 bits per heavy atom. The zero-order chi connectivity index (χ0) is 22.4. The van der Waals surface area contributed by atoms with Gasteiger partial charge in [0.15, 0.2) is 6.10 Å². The number of nitrogens with zero attached hydrogens (tertiary/aromatic N) is 3. The van der Waals surface area contributed by atoms with Crippen molar-refractivity contribution in [1.29, 1.82) is 0 Å². The van der Waals surface area contributed by atoms with E-state index in [0.717, 1.165) is 4.90 Å². The summed E-state index contributed by atoms with van der Waals surface area (Å²) in [5, 5.41) is 12.6. The Labute approximate surface area is 181 Å². The summed E-state index contributed by atoms with van der Waals surface area (Å²) in [5.41, 5.74) is 1.19. The highest BCUT2D eigenvalue weighted by atomic mass is 19.1. The summed E-state index contributed by atoms with van der Waals surface area (Å²) >= 11 is 0. The predicted molar refractivity (Wildman–Crippen MR) is 112 cm³/mol. The number of benzene rings is 3. The van der Waals surface area contributed by atoms with Crippen molar-refractivity contribution in [1.82, 2.24) is 0 Å². The third-order valence-electron chi connectivity index (χ3n) is 5.64. The van der Waals surface area contributed by atoms with Crippen molar-refractivity contribution in [2.75, 3.05) is 9.96 Å². The van der Waals surface area contributed by atoms with Crippen LogP contribution < -0.4 is 9.96 Å². The van der Waals surface area contributed by atoms with Crippen molar-refractivity contribution in [3.05, 3.63) is 100 Å². The summed E-state index contributed by atoms with van der Waals surface area (Å²) in [7, 11) is 0. The molecule has 160 valence electrons. The predicted octanol–water partition coefficient (Wildman–Crippen LogP) is 3.79. The molecule has 3 atom stereocenters. The van der Waals surface area contributed by atoms with Gasteiger partial charge in [0, 0.05) is 12.1 Å². The summed E-state index contributed by atoms with van der Waals surface area (Å²) < 4.78 is 13.3. The minimum absolute atomic E-state index is 0.138. The van der Waals surface area contributed by atoms with Gasteiger partial charge in [-0.05, 0) is 35.9 Å². The van der Waals surface area contributed by atoms with E-state index in [4.69, 9.17) is 4.84 Å². The number of hydroxylamine groups is 1. The van der Waals surface area contributed by atoms with Gasteiger partial charge in [0.2, 0.25) is 5.91 Å². The first kappa shape index (κ1) is 19.8. The molecule has 0 aromatic heterocycles. The van der Waals surface area contributed by atoms with Crippen LogP contribution in [0.25, 0.3) is 0 Å². The van der Waals surface area contributed by atoms with Gasteiger partial charge in [-0.3, -0.25) is 24.5 Å². The molecule has 8 nitrogen and oxygen atoms in total. The van der Waals surface area contributed by atoms with Crippen LogP contribution in [-0.4, -0.2) is 22.8 Å². The number of non-ortho nitro benzene ring substituents is 1. The van der Waals surface area contributed by atoms with E-state index in [1.807, 2.05) is 6.07 Å². The smallest absolute Gasteiger partial charge is 0.271 e. The number of hydrogen-bond acceptors (Lipinski definition) is 6. The molecule has 2 aliphatic heterocycles. The van der Waals surface area contributed by atoms with Crippen LogP contribution in [-0.2, 0) is 14.4 Å². The van der Waals surface area contributed by atoms with Crippen LogP contribution in [0, 0.1) is 21.8 Å². The zero-order valence-electron chi connectivity index (χ0n) is 16.5. The van der Waals surface area contributed by atoms with E-state index in [9.17, 15) is 24.1 Å². The van der Waals surface area contributed by atoms with Crippen molar-refractivity contribution < 1.29 is 23.7 Å². The van der Waals surface area contributed by atoms with Gasteiger partial charge in [0.1, 0.15) is 11.7 Å². The minimum Gasteiger partial charge on any atom is -0.273 e. The maximum absolute atomic E-state index is 13.4. The summed E-state index contributed by atoms with van der Waals surface area (Å²) in [4.78, 5) is 44.3. The molecular formula is C23H16FN3O5. The number of amides is 2. The Morgan fingerprint density at radius 3 is 2.28 bits per heavy atom. The van der Waals surface area contributed by atoms with Crippen LogP contribution in [0.2, 0.25) is 0 Å². The first-order valence-corrected chi connectivity index (χ1v) is 9.84. The molecule has 2 fully saturated rings. The number of nitro groups is 1. The molecule has 0 aliphatic carbocycles. The van der Waals surface area contributed by atoms with Gasteiger partial charge >= 0.3 is 0 Å². The van der Waals surface area contributed by atoms with Gasteiger partial charge in [-0.15, -0.1) is 0 Å². The molecule has 0 saturated carbocycles. The molecule has 3 aromatic rings. The molecular weight excluding hydrogens is 417 g/mol. The largest absolute Gasteiger partial charge is 0.273 e. The fourth-order valence-electron chi connectivity index (χ4n) is 4.22. The Hall–Kier alpha value is -4.11. The Bertz CT molecular complexity index is 1220. The lowest BCUT2D eigenvalue weighted by Crippen LogP contribution is -2.37. The Balaban J connectivity index is 1.58. The highest BCUT2D eigenvalue weighted by molar-refractivity contribution is 6.23. The third kappa shape index (κ3) is 3.10. The van der Waals surface area contributed by atoms with E-state index in [2.05, 4.69) is 0 Å². The van der Waals surface area contributed by atoms with E-state index in [1.54, 1.807) is 30.3 Å². The number of hydrogen-bond donors (Lipinski definition) is 0. The van der Waals surface area contributed by atoms with E-state index >= 15 is 0 Å². The van der Waals surface area contributed by atoms with Crippen molar-refractivity contribution in [2.45, 2.75) is 12.1 Å². The molecule has 0 radical (unpaired) electrons. The highest BCUT2D eigenvalue weighted by Gasteiger charge is 2.60. The number of rotatable bonds is 4. The number of nitro benzene ring substituents is 1. The average molecular weight is 433 g/mol. The Morgan fingerprint density at radius 1 is 0.875 bits per heavy atom. The number of fused-ring (bicyclic) bond motifs is 1. The monoisotopic (exact) mass is 433 g/mol. The molecule has 0 bridgehead atoms. The molecule has 2 saturated heterocycles. The summed E-state index contributed by atoms with van der Waals surface area (Å²) in [6, 6.07) is 19.2. The summed E-state index contributed by atoms with van der Waals surface area (Å²) in [5.74, 6) is -2.41. The van der Waals surface area contributed by atoms with Crippen LogP contribution in [0.15, 0.2) is 78.9 Å². The van der Waals surface area contributed by atoms with Gasteiger partial charge < -0.3 is 0 Å². The molecule has 3 aromatic carbocycles. The minimum atomic E-state index is -1.11. The summed E-state index contributed by atoms with van der Waals surface area (Å²) in [6.45, 7) is 0. The lowest BCUT2D eigenvalue weighted by molar-refractivity contribution is -0.384. The van der Waals surface area contributed by atoms with Crippen LogP contribution >= 0.6 is 0 Å². The number of halogens is 1. The number of carbonyl (C=O) groups is 2. The average Bonchev–Trinajstić information content (AvgIpc) is 3.31. The molecule has 5 rings (SSSR count). The zero-order valence-corrected chi connectivity index (χ0v) is 16.5. The van der Waals surface area contributed by atoms with Gasteiger partial charge in [0.05, 0.1) is 22.3 Å². The molecule has 2 heterocycles. The standard InChI is InChI=1S/C23H16FN3O5/c24-15-9-11-16(12-10-15)25-22(28)19-20(14-5-2-1-3-6-14)26(32-21(19)23(25)29)17-7-4-8-18(13-17)27(30)31/h1-13,19-21H/t19-,20-,21-/m0/s1. The van der Waals surface area contributed by atoms with Crippen molar-refractivity contribution >= 4 is 28.9 Å². The second-order valence-electron chi connectivity index (χ2n) is 7.50. The molecule has 0 unspecified atom stereocenters. The van der Waals surface area contributed by atoms with Crippen LogP contribution in [0.3, 0.4) is 0 Å². The fourth-order valence-corrected chi connectivity index (χ4v) is 4.22. The topological polar surface area (TPSA) is 93.0 Å². The highest BCUT2D eigenvalue weighted by Crippen LogP contribution is 2.47. The van der Waals surface area contributed by atoms with Crippen molar-refractivity contribution in [2.24, 2.45) is 5.92 Å². The molecule has 0 N–H and O–H groups in total. The summed E-state index contributed by atoms with van der Waals surface area (Å²) in [6.07, 6.45) is -1.11. The molecule has 9 heteroatoms. The fraction of sp³-hybridized carbons (Fsp3) is 0.130. The van der Waals surface area contributed by atoms with E-state index < -0.39 is 40.6 Å². The maximum Gasteiger partial charge on any atom is 0.271 e. The second-order valence-corrected chi connectivity index (χ2v) is 7.50. The molecule has 2 amide bonds. The molecule has 2 aliphatic rings. The number of imide groups is 1. The van der Waals surface area contributed by atoms with E-state index in [0.29, 0.717) is 11.3 Å². The lowest BCUT2D eigenvalue weighted by atomic mass is 9.90. The normalized spacial score (nSPS) is 22.3. The van der Waals surface area contributed by atoms with Crippen molar-refractivity contribution in [3.8, 4) is 0 Å². The maximum atomic E-state index is 13.4. The van der Waals surface area contributed by atoms with Crippen LogP contribution in [0.4, 0.5) is 21.5 Å². The van der Waals surface area contributed by atoms with Gasteiger partial charge in [-0.2, -0.15) is 0 Å². The molecule has 0 spiro atoms. The van der Waals surface area contributed by atoms with Gasteiger partial charge in [-0.25, -0.2) is 14.4 Å². The SMILES string of the molecule is O=C1[C@@H]2[C@H](ON(c3cccc([N+](=O)[O-])c3)[C@H]2c2ccccc2)C(=O)N1c1ccc(F)cc1. The number of anilines is 2. The first-order chi connectivity index (χ1) is 15.5. The Kier molecular flexibility index (Phi) is 4.67. The third-order valence-corrected chi connectivity index (χ3v) is 5.64. The quantitative estimate of drug-likeness (QED) is 0.353. The number of carbonyl (C=O) groups excluding carboxylic acids is 2. The first-order valence-electron chi connectivity index (χ1n) is 9.84.